The van der Waals surface area contributed by atoms with Crippen LogP contribution in [0.1, 0.15) is 11.1 Å². The van der Waals surface area contributed by atoms with Crippen molar-refractivity contribution in [2.24, 2.45) is 0 Å². The number of ether oxygens (including phenoxy) is 2. The van der Waals surface area contributed by atoms with Crippen LogP contribution in [0.15, 0.2) is 72.0 Å². The number of piperazine rings is 1. The molecule has 0 bridgehead atoms. The second-order valence-electron chi connectivity index (χ2n) is 11.7. The standard InChI is InChI=1S/C36H36Cl2N4O4S2/c1-22-26(12-13-28(32(22)38)46-19-18-42-16-14-41(2)15-17-42)30-31-34(47-29(36(43)44)20-24-6-4-5-7-27(24)45-3)39-21-40-35(31)48-33(30)23-8-10-25(37)11-9-23/h4-13,21,29H,14-20H2,1-3H3,(H,43,44). The van der Waals surface area contributed by atoms with Gasteiger partial charge in [0.05, 0.1) is 17.5 Å². The molecule has 0 saturated carbocycles. The zero-order chi connectivity index (χ0) is 33.8. The van der Waals surface area contributed by atoms with E-state index < -0.39 is 11.2 Å². The minimum Gasteiger partial charge on any atom is -0.496 e. The van der Waals surface area contributed by atoms with Crippen LogP contribution >= 0.6 is 46.3 Å². The Balaban J connectivity index is 1.39. The number of likely N-dealkylation sites (N-methyl/N-ethyl adjacent to an activating group) is 1. The molecule has 12 heteroatoms. The Morgan fingerprint density at radius 1 is 1.02 bits per heavy atom. The number of para-hydroxylation sites is 1. The third-order valence-corrected chi connectivity index (χ3v) is 11.6. The van der Waals surface area contributed by atoms with Gasteiger partial charge in [0.2, 0.25) is 0 Å². The van der Waals surface area contributed by atoms with E-state index in [-0.39, 0.29) is 6.42 Å². The Kier molecular flexibility index (Phi) is 11.1. The number of nitrogens with zero attached hydrogens (tertiary/aromatic N) is 4. The molecule has 48 heavy (non-hydrogen) atoms. The van der Waals surface area contributed by atoms with E-state index in [9.17, 15) is 9.90 Å². The molecule has 1 atom stereocenters. The number of aliphatic carboxylic acids is 1. The molecule has 250 valence electrons. The molecule has 3 heterocycles. The third kappa shape index (κ3) is 7.59. The molecule has 0 amide bonds. The predicted octanol–water partition coefficient (Wildman–Crippen LogP) is 8.06. The number of hydrogen-bond donors (Lipinski definition) is 1. The first-order valence-electron chi connectivity index (χ1n) is 15.6. The Morgan fingerprint density at radius 2 is 1.77 bits per heavy atom. The number of halogens is 2. The summed E-state index contributed by atoms with van der Waals surface area (Å²) in [5.74, 6) is 0.340. The highest BCUT2D eigenvalue weighted by atomic mass is 35.5. The maximum atomic E-state index is 12.6. The highest BCUT2D eigenvalue weighted by Crippen LogP contribution is 2.50. The highest BCUT2D eigenvalue weighted by molar-refractivity contribution is 8.00. The fourth-order valence-corrected chi connectivity index (χ4v) is 8.47. The minimum atomic E-state index is -0.940. The van der Waals surface area contributed by atoms with Gasteiger partial charge < -0.3 is 19.5 Å². The van der Waals surface area contributed by atoms with Crippen LogP contribution in [0.3, 0.4) is 0 Å². The number of carbonyl (C=O) groups is 1. The van der Waals surface area contributed by atoms with Gasteiger partial charge in [-0.25, -0.2) is 9.97 Å². The average Bonchev–Trinajstić information content (AvgIpc) is 3.48. The molecular formula is C36H36Cl2N4O4S2. The first-order chi connectivity index (χ1) is 23.2. The van der Waals surface area contributed by atoms with Crippen LogP contribution in [0, 0.1) is 6.92 Å². The Bertz CT molecular complexity index is 1910. The van der Waals surface area contributed by atoms with E-state index in [2.05, 4.69) is 26.8 Å². The molecule has 1 fully saturated rings. The molecule has 3 aromatic carbocycles. The summed E-state index contributed by atoms with van der Waals surface area (Å²) in [6, 6.07) is 19.1. The monoisotopic (exact) mass is 722 g/mol. The van der Waals surface area contributed by atoms with Crippen LogP contribution in [0.4, 0.5) is 0 Å². The van der Waals surface area contributed by atoms with Crippen molar-refractivity contribution in [3.8, 4) is 33.1 Å². The molecule has 6 rings (SSSR count). The van der Waals surface area contributed by atoms with Gasteiger partial charge >= 0.3 is 5.97 Å². The van der Waals surface area contributed by atoms with Crippen molar-refractivity contribution in [3.63, 3.8) is 0 Å². The van der Waals surface area contributed by atoms with E-state index in [1.807, 2.05) is 67.6 Å². The number of thiophene rings is 1. The number of benzene rings is 3. The number of fused-ring (bicyclic) bond motifs is 1. The SMILES string of the molecule is COc1ccccc1CC(Sc1ncnc2sc(-c3ccc(Cl)cc3)c(-c3ccc(OCCN4CCN(C)CC4)c(Cl)c3C)c12)C(=O)O. The van der Waals surface area contributed by atoms with Gasteiger partial charge in [-0.1, -0.05) is 71.4 Å². The van der Waals surface area contributed by atoms with Crippen molar-refractivity contribution in [1.82, 2.24) is 19.8 Å². The summed E-state index contributed by atoms with van der Waals surface area (Å²) in [7, 11) is 3.73. The lowest BCUT2D eigenvalue weighted by Gasteiger charge is -2.32. The molecule has 5 aromatic rings. The van der Waals surface area contributed by atoms with Crippen LogP contribution in [0.25, 0.3) is 31.8 Å². The lowest BCUT2D eigenvalue weighted by Crippen LogP contribution is -2.45. The van der Waals surface area contributed by atoms with Crippen molar-refractivity contribution in [1.29, 1.82) is 0 Å². The van der Waals surface area contributed by atoms with E-state index in [1.165, 1.54) is 29.4 Å². The molecular weight excluding hydrogens is 687 g/mol. The summed E-state index contributed by atoms with van der Waals surface area (Å²) >= 11 is 16.0. The molecule has 0 aliphatic carbocycles. The number of methoxy groups -OCH3 is 1. The van der Waals surface area contributed by atoms with Gasteiger partial charge in [0.25, 0.3) is 0 Å². The lowest BCUT2D eigenvalue weighted by molar-refractivity contribution is -0.136. The van der Waals surface area contributed by atoms with Gasteiger partial charge in [-0.15, -0.1) is 11.3 Å². The van der Waals surface area contributed by atoms with Crippen molar-refractivity contribution >= 4 is 62.5 Å². The molecule has 8 nitrogen and oxygen atoms in total. The molecule has 1 saturated heterocycles. The smallest absolute Gasteiger partial charge is 0.317 e. The maximum Gasteiger partial charge on any atom is 0.317 e. The van der Waals surface area contributed by atoms with Crippen molar-refractivity contribution in [2.75, 3.05) is 53.5 Å². The van der Waals surface area contributed by atoms with Crippen molar-refractivity contribution in [3.05, 3.63) is 88.2 Å². The number of aromatic nitrogens is 2. The molecule has 0 radical (unpaired) electrons. The van der Waals surface area contributed by atoms with E-state index in [0.717, 1.165) is 75.6 Å². The lowest BCUT2D eigenvalue weighted by atomic mass is 9.96. The zero-order valence-corrected chi connectivity index (χ0v) is 30.1. The van der Waals surface area contributed by atoms with Crippen molar-refractivity contribution < 1.29 is 19.4 Å². The Morgan fingerprint density at radius 3 is 2.50 bits per heavy atom. The molecule has 1 N–H and O–H groups in total. The Hall–Kier alpha value is -3.38. The number of hydrogen-bond acceptors (Lipinski definition) is 9. The fourth-order valence-electron chi connectivity index (χ4n) is 5.84. The molecule has 0 spiro atoms. The van der Waals surface area contributed by atoms with Gasteiger partial charge in [-0.2, -0.15) is 0 Å². The molecule has 1 aliphatic heterocycles. The maximum absolute atomic E-state index is 12.6. The summed E-state index contributed by atoms with van der Waals surface area (Å²) in [5, 5.41) is 12.1. The van der Waals surface area contributed by atoms with Crippen molar-refractivity contribution in [2.45, 2.75) is 23.6 Å². The van der Waals surface area contributed by atoms with Gasteiger partial charge in [-0.3, -0.25) is 9.69 Å². The number of rotatable bonds is 12. The van der Waals surface area contributed by atoms with Crippen LogP contribution in [-0.4, -0.2) is 89.6 Å². The summed E-state index contributed by atoms with van der Waals surface area (Å²) in [6.07, 6.45) is 1.75. The van der Waals surface area contributed by atoms with Crippen LogP contribution in [0.2, 0.25) is 10.0 Å². The summed E-state index contributed by atoms with van der Waals surface area (Å²) in [5.41, 5.74) is 4.41. The van der Waals surface area contributed by atoms with E-state index >= 15 is 0 Å². The first-order valence-corrected chi connectivity index (χ1v) is 18.1. The summed E-state index contributed by atoms with van der Waals surface area (Å²) < 4.78 is 11.7. The normalized spacial score (nSPS) is 14.7. The van der Waals surface area contributed by atoms with Crippen LogP contribution < -0.4 is 9.47 Å². The zero-order valence-electron chi connectivity index (χ0n) is 26.9. The second-order valence-corrected chi connectivity index (χ2v) is 14.7. The van der Waals surface area contributed by atoms with Crippen LogP contribution in [0.5, 0.6) is 11.5 Å². The quantitative estimate of drug-likeness (QED) is 0.102. The average molecular weight is 724 g/mol. The Labute approximate surface area is 298 Å². The summed E-state index contributed by atoms with van der Waals surface area (Å²) in [4.78, 5) is 28.4. The molecule has 1 unspecified atom stereocenters. The number of thioether (sulfide) groups is 1. The predicted molar refractivity (Wildman–Crippen MR) is 196 cm³/mol. The van der Waals surface area contributed by atoms with Gasteiger partial charge in [0.1, 0.15) is 39.5 Å². The third-order valence-electron chi connectivity index (χ3n) is 8.57. The summed E-state index contributed by atoms with van der Waals surface area (Å²) in [6.45, 7) is 7.50. The largest absolute Gasteiger partial charge is 0.496 e. The highest BCUT2D eigenvalue weighted by Gasteiger charge is 2.28. The first kappa shape index (κ1) is 34.5. The van der Waals surface area contributed by atoms with Gasteiger partial charge in [0.15, 0.2) is 0 Å². The molecule has 1 aliphatic rings. The van der Waals surface area contributed by atoms with Crippen LogP contribution in [-0.2, 0) is 11.2 Å². The van der Waals surface area contributed by atoms with E-state index in [0.29, 0.717) is 33.2 Å². The fraction of sp³-hybridized carbons (Fsp3) is 0.306. The molecule has 2 aromatic heterocycles. The minimum absolute atomic E-state index is 0.254. The second kappa shape index (κ2) is 15.4. The van der Waals surface area contributed by atoms with Gasteiger partial charge in [0, 0.05) is 48.2 Å². The number of carboxylic acid groups (broad SMARTS) is 1. The van der Waals surface area contributed by atoms with E-state index in [4.69, 9.17) is 32.7 Å². The topological polar surface area (TPSA) is 88.0 Å². The van der Waals surface area contributed by atoms with Gasteiger partial charge in [-0.05, 0) is 66.9 Å². The number of carboxylic acids is 1. The van der Waals surface area contributed by atoms with E-state index in [1.54, 1.807) is 7.11 Å².